The van der Waals surface area contributed by atoms with Crippen molar-refractivity contribution in [1.29, 1.82) is 0 Å². The minimum atomic E-state index is -0.606. The fourth-order valence-electron chi connectivity index (χ4n) is 1.87. The van der Waals surface area contributed by atoms with Crippen LogP contribution >= 0.6 is 34.2 Å². The summed E-state index contributed by atoms with van der Waals surface area (Å²) in [6.07, 6.45) is 0.172. The average Bonchev–Trinajstić information content (AvgIpc) is 2.35. The van der Waals surface area contributed by atoms with Gasteiger partial charge in [-0.15, -0.1) is 0 Å². The summed E-state index contributed by atoms with van der Waals surface area (Å²) in [5, 5.41) is 0.355. The predicted octanol–water partition coefficient (Wildman–Crippen LogP) is 4.90. The lowest BCUT2D eigenvalue weighted by Gasteiger charge is -2.20. The van der Waals surface area contributed by atoms with Gasteiger partial charge in [-0.3, -0.25) is 0 Å². The fraction of sp³-hybridized carbons (Fsp3) is 0.333. The molecule has 0 fully saturated rings. The molecule has 0 radical (unpaired) electrons. The third-order valence-electron chi connectivity index (χ3n) is 2.93. The Labute approximate surface area is 141 Å². The Hall–Kier alpha value is -0.820. The SMILES string of the molecule is CC(C)(C)c1nc(Cc2ccc(F)cc2F)nc(Cl)c1I. The minimum absolute atomic E-state index is 0.172. The van der Waals surface area contributed by atoms with Crippen LogP contribution < -0.4 is 0 Å². The molecule has 1 heterocycles. The van der Waals surface area contributed by atoms with Gasteiger partial charge in [-0.1, -0.05) is 38.4 Å². The van der Waals surface area contributed by atoms with Crippen LogP contribution in [0.15, 0.2) is 18.2 Å². The number of hydrogen-bond acceptors (Lipinski definition) is 2. The van der Waals surface area contributed by atoms with E-state index in [0.717, 1.165) is 15.3 Å². The van der Waals surface area contributed by atoms with Crippen LogP contribution in [0.1, 0.15) is 37.9 Å². The van der Waals surface area contributed by atoms with E-state index in [2.05, 4.69) is 32.6 Å². The largest absolute Gasteiger partial charge is 0.236 e. The summed E-state index contributed by atoms with van der Waals surface area (Å²) < 4.78 is 27.4. The van der Waals surface area contributed by atoms with Gasteiger partial charge in [0.1, 0.15) is 22.6 Å². The normalized spacial score (nSPS) is 11.8. The second-order valence-electron chi connectivity index (χ2n) is 5.76. The molecule has 0 saturated carbocycles. The molecule has 0 aliphatic carbocycles. The highest BCUT2D eigenvalue weighted by atomic mass is 127. The minimum Gasteiger partial charge on any atom is -0.236 e. The summed E-state index contributed by atoms with van der Waals surface area (Å²) in [5.74, 6) is -0.783. The van der Waals surface area contributed by atoms with Crippen molar-refractivity contribution in [3.63, 3.8) is 0 Å². The molecular weight excluding hydrogens is 409 g/mol. The lowest BCUT2D eigenvalue weighted by atomic mass is 9.92. The van der Waals surface area contributed by atoms with Crippen LogP contribution in [-0.2, 0) is 11.8 Å². The van der Waals surface area contributed by atoms with Gasteiger partial charge in [0.25, 0.3) is 0 Å². The van der Waals surface area contributed by atoms with Gasteiger partial charge in [0.2, 0.25) is 0 Å². The maximum Gasteiger partial charge on any atom is 0.146 e. The van der Waals surface area contributed by atoms with Crippen molar-refractivity contribution in [2.45, 2.75) is 32.6 Å². The molecule has 1 aromatic heterocycles. The Morgan fingerprint density at radius 2 is 1.86 bits per heavy atom. The Balaban J connectivity index is 2.43. The Bertz CT molecular complexity index is 684. The molecule has 0 bridgehead atoms. The molecule has 2 nitrogen and oxygen atoms in total. The van der Waals surface area contributed by atoms with Gasteiger partial charge in [-0.05, 0) is 34.2 Å². The summed E-state index contributed by atoms with van der Waals surface area (Å²) in [7, 11) is 0. The lowest BCUT2D eigenvalue weighted by Crippen LogP contribution is -2.18. The van der Waals surface area contributed by atoms with E-state index in [1.165, 1.54) is 12.1 Å². The van der Waals surface area contributed by atoms with E-state index in [1.807, 2.05) is 20.8 Å². The predicted molar refractivity (Wildman–Crippen MR) is 87.6 cm³/mol. The topological polar surface area (TPSA) is 25.8 Å². The summed E-state index contributed by atoms with van der Waals surface area (Å²) in [6, 6.07) is 3.47. The van der Waals surface area contributed by atoms with E-state index in [1.54, 1.807) is 0 Å². The number of aromatic nitrogens is 2. The van der Waals surface area contributed by atoms with E-state index in [4.69, 9.17) is 11.6 Å². The van der Waals surface area contributed by atoms with Crippen LogP contribution in [0.25, 0.3) is 0 Å². The smallest absolute Gasteiger partial charge is 0.146 e. The Kier molecular flexibility index (Phi) is 4.82. The first-order valence-corrected chi connectivity index (χ1v) is 7.80. The fourth-order valence-corrected chi connectivity index (χ4v) is 3.11. The van der Waals surface area contributed by atoms with Gasteiger partial charge in [0.05, 0.1) is 9.26 Å². The molecular formula is C15H14ClF2IN2. The maximum absolute atomic E-state index is 13.7. The van der Waals surface area contributed by atoms with E-state index in [0.29, 0.717) is 16.5 Å². The number of halogens is 4. The summed E-state index contributed by atoms with van der Waals surface area (Å²) in [4.78, 5) is 8.69. The van der Waals surface area contributed by atoms with Crippen LogP contribution in [0, 0.1) is 15.2 Å². The van der Waals surface area contributed by atoms with Gasteiger partial charge >= 0.3 is 0 Å². The standard InChI is InChI=1S/C15H14ClF2IN2/c1-15(2,3)13-12(19)14(16)21-11(20-13)6-8-4-5-9(17)7-10(8)18/h4-5,7H,6H2,1-3H3. The summed E-state index contributed by atoms with van der Waals surface area (Å²) in [5.41, 5.74) is 0.966. The average molecular weight is 423 g/mol. The zero-order valence-electron chi connectivity index (χ0n) is 11.8. The van der Waals surface area contributed by atoms with Gasteiger partial charge in [0, 0.05) is 17.9 Å². The van der Waals surface area contributed by atoms with E-state index < -0.39 is 11.6 Å². The number of benzene rings is 1. The molecule has 0 aliphatic rings. The molecule has 0 saturated heterocycles. The molecule has 2 aromatic rings. The second kappa shape index (κ2) is 6.12. The molecule has 0 aliphatic heterocycles. The van der Waals surface area contributed by atoms with Crippen molar-refractivity contribution in [2.24, 2.45) is 0 Å². The number of nitrogens with zero attached hydrogens (tertiary/aromatic N) is 2. The maximum atomic E-state index is 13.7. The Morgan fingerprint density at radius 3 is 2.43 bits per heavy atom. The summed E-state index contributed by atoms with van der Waals surface area (Å²) in [6.45, 7) is 6.07. The first-order valence-electron chi connectivity index (χ1n) is 6.35. The molecule has 0 atom stereocenters. The van der Waals surface area contributed by atoms with Crippen molar-refractivity contribution in [3.8, 4) is 0 Å². The monoisotopic (exact) mass is 422 g/mol. The second-order valence-corrected chi connectivity index (χ2v) is 7.19. The van der Waals surface area contributed by atoms with Crippen molar-refractivity contribution in [1.82, 2.24) is 9.97 Å². The van der Waals surface area contributed by atoms with Crippen molar-refractivity contribution in [2.75, 3.05) is 0 Å². The highest BCUT2D eigenvalue weighted by Gasteiger charge is 2.22. The quantitative estimate of drug-likeness (QED) is 0.508. The molecule has 0 N–H and O–H groups in total. The lowest BCUT2D eigenvalue weighted by molar-refractivity contribution is 0.556. The molecule has 0 spiro atoms. The first-order chi connectivity index (χ1) is 9.68. The van der Waals surface area contributed by atoms with Crippen LogP contribution in [0.2, 0.25) is 5.15 Å². The van der Waals surface area contributed by atoms with Gasteiger partial charge in [-0.25, -0.2) is 18.7 Å². The van der Waals surface area contributed by atoms with Crippen LogP contribution in [0.3, 0.4) is 0 Å². The molecule has 1 aromatic carbocycles. The molecule has 112 valence electrons. The third kappa shape index (κ3) is 3.88. The third-order valence-corrected chi connectivity index (χ3v) is 4.55. The van der Waals surface area contributed by atoms with Gasteiger partial charge in [0.15, 0.2) is 0 Å². The zero-order chi connectivity index (χ0) is 15.8. The molecule has 0 amide bonds. The highest BCUT2D eigenvalue weighted by molar-refractivity contribution is 14.1. The Morgan fingerprint density at radius 1 is 1.19 bits per heavy atom. The number of rotatable bonds is 2. The highest BCUT2D eigenvalue weighted by Crippen LogP contribution is 2.29. The van der Waals surface area contributed by atoms with E-state index >= 15 is 0 Å². The van der Waals surface area contributed by atoms with Crippen LogP contribution in [-0.4, -0.2) is 9.97 Å². The molecule has 6 heteroatoms. The van der Waals surface area contributed by atoms with Crippen molar-refractivity contribution >= 4 is 34.2 Å². The van der Waals surface area contributed by atoms with Gasteiger partial charge < -0.3 is 0 Å². The van der Waals surface area contributed by atoms with Crippen LogP contribution in [0.5, 0.6) is 0 Å². The summed E-state index contributed by atoms with van der Waals surface area (Å²) >= 11 is 8.25. The van der Waals surface area contributed by atoms with E-state index in [-0.39, 0.29) is 11.8 Å². The molecule has 0 unspecified atom stereocenters. The van der Waals surface area contributed by atoms with Gasteiger partial charge in [-0.2, -0.15) is 0 Å². The van der Waals surface area contributed by atoms with Crippen molar-refractivity contribution in [3.05, 3.63) is 55.6 Å². The van der Waals surface area contributed by atoms with E-state index in [9.17, 15) is 8.78 Å². The van der Waals surface area contributed by atoms with Crippen molar-refractivity contribution < 1.29 is 8.78 Å². The zero-order valence-corrected chi connectivity index (χ0v) is 14.8. The molecule has 21 heavy (non-hydrogen) atoms. The van der Waals surface area contributed by atoms with Crippen LogP contribution in [0.4, 0.5) is 8.78 Å². The molecule has 2 rings (SSSR count). The first kappa shape index (κ1) is 16.5. The number of hydrogen-bond donors (Lipinski definition) is 0.